The van der Waals surface area contributed by atoms with Gasteiger partial charge in [0.05, 0.1) is 42.0 Å². The van der Waals surface area contributed by atoms with E-state index in [1.54, 1.807) is 16.9 Å². The number of anilines is 1. The van der Waals surface area contributed by atoms with E-state index in [4.69, 9.17) is 4.74 Å². The maximum Gasteiger partial charge on any atom is 0.321 e. The predicted octanol–water partition coefficient (Wildman–Crippen LogP) is 2.10. The number of amides is 2. The third-order valence-electron chi connectivity index (χ3n) is 4.73. The number of rotatable bonds is 6. The lowest BCUT2D eigenvalue weighted by Gasteiger charge is -2.20. The summed E-state index contributed by atoms with van der Waals surface area (Å²) in [5.41, 5.74) is 2.68. The number of H-pyrrole nitrogens is 1. The van der Waals surface area contributed by atoms with Gasteiger partial charge in [-0.05, 0) is 11.6 Å². The molecule has 10 heteroatoms. The first-order valence-electron chi connectivity index (χ1n) is 9.24. The molecule has 4 aromatic rings. The first-order valence-corrected chi connectivity index (χ1v) is 9.24. The molecule has 3 heterocycles. The van der Waals surface area contributed by atoms with Crippen LogP contribution in [0.1, 0.15) is 23.0 Å². The van der Waals surface area contributed by atoms with Crippen molar-refractivity contribution >= 4 is 22.8 Å². The second-order valence-corrected chi connectivity index (χ2v) is 6.59. The number of fused-ring (bicyclic) bond motifs is 1. The molecule has 1 aromatic carbocycles. The van der Waals surface area contributed by atoms with Crippen molar-refractivity contribution in [2.24, 2.45) is 7.05 Å². The molecular weight excluding hydrogens is 386 g/mol. The van der Waals surface area contributed by atoms with Gasteiger partial charge in [0, 0.05) is 19.3 Å². The molecule has 0 spiro atoms. The number of aliphatic hydroxyl groups excluding tert-OH is 1. The second-order valence-electron chi connectivity index (χ2n) is 6.59. The van der Waals surface area contributed by atoms with Gasteiger partial charge in [-0.15, -0.1) is 5.10 Å². The van der Waals surface area contributed by atoms with Crippen LogP contribution in [-0.2, 0) is 13.7 Å². The number of aromatic amines is 1. The number of aryl methyl sites for hydroxylation is 1. The van der Waals surface area contributed by atoms with Crippen molar-refractivity contribution in [3.8, 4) is 5.88 Å². The van der Waals surface area contributed by atoms with Crippen LogP contribution in [0.25, 0.3) is 10.9 Å². The Morgan fingerprint density at radius 2 is 2.10 bits per heavy atom. The summed E-state index contributed by atoms with van der Waals surface area (Å²) in [5.74, 6) is 0.602. The van der Waals surface area contributed by atoms with Gasteiger partial charge in [0.2, 0.25) is 5.88 Å². The molecule has 0 aliphatic rings. The molecule has 0 saturated heterocycles. The lowest BCUT2D eigenvalue weighted by Crippen LogP contribution is -2.34. The minimum Gasteiger partial charge on any atom is -0.479 e. The van der Waals surface area contributed by atoms with Crippen LogP contribution in [0.2, 0.25) is 0 Å². The molecule has 0 saturated carbocycles. The SMILES string of the molecule is COc1n[nH]c2cc(NC(=O)N[C@@H](c3ccccc3)c3ccnn3C)nc(CO)c12. The van der Waals surface area contributed by atoms with Crippen molar-refractivity contribution in [2.75, 3.05) is 12.4 Å². The molecule has 30 heavy (non-hydrogen) atoms. The highest BCUT2D eigenvalue weighted by atomic mass is 16.5. The quantitative estimate of drug-likeness (QED) is 0.387. The van der Waals surface area contributed by atoms with Crippen molar-refractivity contribution in [1.29, 1.82) is 0 Å². The average Bonchev–Trinajstić information content (AvgIpc) is 3.37. The summed E-state index contributed by atoms with van der Waals surface area (Å²) < 4.78 is 6.89. The number of pyridine rings is 1. The summed E-state index contributed by atoms with van der Waals surface area (Å²) >= 11 is 0. The Morgan fingerprint density at radius 1 is 1.30 bits per heavy atom. The van der Waals surface area contributed by atoms with E-state index in [1.165, 1.54) is 7.11 Å². The van der Waals surface area contributed by atoms with Crippen LogP contribution < -0.4 is 15.4 Å². The number of nitrogens with one attached hydrogen (secondary N) is 3. The molecule has 3 aromatic heterocycles. The fraction of sp³-hybridized carbons (Fsp3) is 0.200. The molecule has 0 aliphatic heterocycles. The van der Waals surface area contributed by atoms with E-state index in [9.17, 15) is 9.90 Å². The lowest BCUT2D eigenvalue weighted by atomic mass is 10.0. The van der Waals surface area contributed by atoms with Crippen LogP contribution in [0, 0.1) is 0 Å². The topological polar surface area (TPSA) is 130 Å². The minimum atomic E-state index is -0.452. The zero-order valence-corrected chi connectivity index (χ0v) is 16.5. The number of carbonyl (C=O) groups excluding carboxylic acids is 1. The maximum absolute atomic E-state index is 12.8. The van der Waals surface area contributed by atoms with Gasteiger partial charge in [-0.25, -0.2) is 9.78 Å². The standard InChI is InChI=1S/C20H21N7O3/c1-27-15(8-9-21-27)18(12-6-4-3-5-7-12)24-20(29)23-16-10-13-17(14(11-28)22-16)19(30-2)26-25-13/h3-10,18,28H,11H2,1-2H3,(H,25,26)(H2,22,23,24,29)/t18-/m0/s1. The fourth-order valence-electron chi connectivity index (χ4n) is 3.34. The number of aliphatic hydroxyl groups is 1. The molecule has 10 nitrogen and oxygen atoms in total. The summed E-state index contributed by atoms with van der Waals surface area (Å²) in [6, 6.07) is 12.2. The van der Waals surface area contributed by atoms with Crippen molar-refractivity contribution in [1.82, 2.24) is 30.3 Å². The highest BCUT2D eigenvalue weighted by Gasteiger charge is 2.21. The molecule has 0 fully saturated rings. The van der Waals surface area contributed by atoms with E-state index in [-0.39, 0.29) is 12.4 Å². The maximum atomic E-state index is 12.8. The van der Waals surface area contributed by atoms with Gasteiger partial charge < -0.3 is 15.2 Å². The molecule has 2 amide bonds. The predicted molar refractivity (Wildman–Crippen MR) is 110 cm³/mol. The first kappa shape index (κ1) is 19.4. The summed E-state index contributed by atoms with van der Waals surface area (Å²) in [5, 5.41) is 27.0. The molecule has 0 radical (unpaired) electrons. The van der Waals surface area contributed by atoms with Crippen LogP contribution in [0.3, 0.4) is 0 Å². The normalized spacial score (nSPS) is 12.0. The Balaban J connectivity index is 1.60. The third-order valence-corrected chi connectivity index (χ3v) is 4.73. The van der Waals surface area contributed by atoms with E-state index in [1.807, 2.05) is 43.4 Å². The zero-order valence-electron chi connectivity index (χ0n) is 16.5. The monoisotopic (exact) mass is 407 g/mol. The van der Waals surface area contributed by atoms with E-state index < -0.39 is 12.1 Å². The van der Waals surface area contributed by atoms with Crippen LogP contribution in [0.15, 0.2) is 48.7 Å². The highest BCUT2D eigenvalue weighted by Crippen LogP contribution is 2.27. The van der Waals surface area contributed by atoms with Crippen LogP contribution in [0.5, 0.6) is 5.88 Å². The van der Waals surface area contributed by atoms with Gasteiger partial charge in [0.1, 0.15) is 5.82 Å². The van der Waals surface area contributed by atoms with Crippen LogP contribution in [0.4, 0.5) is 10.6 Å². The number of aromatic nitrogens is 5. The largest absolute Gasteiger partial charge is 0.479 e. The van der Waals surface area contributed by atoms with E-state index in [0.29, 0.717) is 22.5 Å². The number of nitrogens with zero attached hydrogens (tertiary/aromatic N) is 4. The third kappa shape index (κ3) is 3.67. The molecule has 0 unspecified atom stereocenters. The molecule has 4 N–H and O–H groups in total. The summed E-state index contributed by atoms with van der Waals surface area (Å²) in [6.45, 7) is -0.328. The summed E-state index contributed by atoms with van der Waals surface area (Å²) in [6.07, 6.45) is 1.68. The Hall–Kier alpha value is -3.92. The zero-order chi connectivity index (χ0) is 21.1. The lowest BCUT2D eigenvalue weighted by molar-refractivity contribution is 0.249. The van der Waals surface area contributed by atoms with E-state index in [0.717, 1.165) is 11.3 Å². The van der Waals surface area contributed by atoms with Crippen LogP contribution >= 0.6 is 0 Å². The smallest absolute Gasteiger partial charge is 0.321 e. The van der Waals surface area contributed by atoms with Crippen molar-refractivity contribution in [3.63, 3.8) is 0 Å². The molecule has 154 valence electrons. The molecule has 0 bridgehead atoms. The Morgan fingerprint density at radius 3 is 2.77 bits per heavy atom. The summed E-state index contributed by atoms with van der Waals surface area (Å²) in [7, 11) is 3.30. The minimum absolute atomic E-state index is 0.271. The number of ether oxygens (including phenoxy) is 1. The highest BCUT2D eigenvalue weighted by molar-refractivity contribution is 5.93. The number of urea groups is 1. The Bertz CT molecular complexity index is 1170. The number of methoxy groups -OCH3 is 1. The van der Waals surface area contributed by atoms with Crippen LogP contribution in [-0.4, -0.2) is 43.2 Å². The summed E-state index contributed by atoms with van der Waals surface area (Å²) in [4.78, 5) is 17.1. The number of benzene rings is 1. The van der Waals surface area contributed by atoms with Gasteiger partial charge >= 0.3 is 6.03 Å². The molecule has 4 rings (SSSR count). The van der Waals surface area contributed by atoms with E-state index >= 15 is 0 Å². The van der Waals surface area contributed by atoms with Gasteiger partial charge in [-0.2, -0.15) is 5.10 Å². The number of hydrogen-bond acceptors (Lipinski definition) is 6. The molecular formula is C20H21N7O3. The number of hydrogen-bond donors (Lipinski definition) is 4. The second kappa shape index (κ2) is 8.21. The van der Waals surface area contributed by atoms with Crippen molar-refractivity contribution in [3.05, 3.63) is 65.6 Å². The fourth-order valence-corrected chi connectivity index (χ4v) is 3.34. The average molecular weight is 407 g/mol. The first-order chi connectivity index (χ1) is 14.6. The van der Waals surface area contributed by atoms with Gasteiger partial charge in [-0.3, -0.25) is 15.1 Å². The van der Waals surface area contributed by atoms with Gasteiger partial charge in [-0.1, -0.05) is 30.3 Å². The van der Waals surface area contributed by atoms with E-state index in [2.05, 4.69) is 30.9 Å². The van der Waals surface area contributed by atoms with Crippen molar-refractivity contribution < 1.29 is 14.6 Å². The molecule has 0 aliphatic carbocycles. The molecule has 1 atom stereocenters. The Labute approximate surface area is 171 Å². The Kier molecular flexibility index (Phi) is 5.31. The van der Waals surface area contributed by atoms with Gasteiger partial charge in [0.25, 0.3) is 0 Å². The van der Waals surface area contributed by atoms with Crippen molar-refractivity contribution in [2.45, 2.75) is 12.6 Å². The van der Waals surface area contributed by atoms with Gasteiger partial charge in [0.15, 0.2) is 0 Å². The number of carbonyl (C=O) groups is 1.